The summed E-state index contributed by atoms with van der Waals surface area (Å²) in [5.41, 5.74) is 0.487. The Kier molecular flexibility index (Phi) is 3.43. The van der Waals surface area contributed by atoms with Crippen LogP contribution in [0.2, 0.25) is 0 Å². The average Bonchev–Trinajstić information content (AvgIpc) is 2.16. The van der Waals surface area contributed by atoms with E-state index in [1.165, 1.54) is 6.92 Å². The van der Waals surface area contributed by atoms with Gasteiger partial charge in [0.15, 0.2) is 14.0 Å². The highest BCUT2D eigenvalue weighted by Gasteiger charge is 2.41. The minimum atomic E-state index is -3.53. The second-order valence-corrected chi connectivity index (χ2v) is 6.97. The molecular formula is C10H13ClO3S. The van der Waals surface area contributed by atoms with Gasteiger partial charge < -0.3 is 5.11 Å². The van der Waals surface area contributed by atoms with Gasteiger partial charge in [-0.05, 0) is 12.5 Å². The Labute approximate surface area is 94.6 Å². The predicted molar refractivity (Wildman–Crippen MR) is 60.5 cm³/mol. The van der Waals surface area contributed by atoms with Crippen LogP contribution in [0, 0.1) is 0 Å². The fourth-order valence-electron chi connectivity index (χ4n) is 1.14. The van der Waals surface area contributed by atoms with Gasteiger partial charge in [-0.2, -0.15) is 0 Å². The standard InChI is InChI=1S/C10H13ClO3S/c1-10(11,15(2,13)14)9(12)8-6-4-3-5-7-8/h3-7,9,12H,1-2H3/t9-,10+/m0/s1. The summed E-state index contributed by atoms with van der Waals surface area (Å²) in [5, 5.41) is 9.87. The highest BCUT2D eigenvalue weighted by Crippen LogP contribution is 2.35. The summed E-state index contributed by atoms with van der Waals surface area (Å²) in [6, 6.07) is 8.48. The molecule has 1 aromatic rings. The van der Waals surface area contributed by atoms with Gasteiger partial charge in [0.05, 0.1) is 0 Å². The van der Waals surface area contributed by atoms with E-state index in [0.29, 0.717) is 5.56 Å². The molecule has 0 bridgehead atoms. The lowest BCUT2D eigenvalue weighted by molar-refractivity contribution is 0.163. The quantitative estimate of drug-likeness (QED) is 0.829. The predicted octanol–water partition coefficient (Wildman–Crippen LogP) is 1.72. The molecule has 0 fully saturated rings. The molecule has 1 aromatic carbocycles. The van der Waals surface area contributed by atoms with Crippen LogP contribution in [0.5, 0.6) is 0 Å². The van der Waals surface area contributed by atoms with E-state index in [4.69, 9.17) is 11.6 Å². The Hall–Kier alpha value is -0.580. The Bertz CT molecular complexity index is 425. The molecule has 0 aliphatic carbocycles. The number of sulfone groups is 1. The lowest BCUT2D eigenvalue weighted by Gasteiger charge is -2.26. The van der Waals surface area contributed by atoms with E-state index in [-0.39, 0.29) is 0 Å². The van der Waals surface area contributed by atoms with Crippen LogP contribution in [-0.2, 0) is 9.84 Å². The fourth-order valence-corrected chi connectivity index (χ4v) is 1.80. The van der Waals surface area contributed by atoms with Crippen molar-refractivity contribution < 1.29 is 13.5 Å². The third-order valence-electron chi connectivity index (χ3n) is 2.33. The summed E-state index contributed by atoms with van der Waals surface area (Å²) in [5.74, 6) is 0. The average molecular weight is 249 g/mol. The molecule has 0 aliphatic heterocycles. The molecule has 0 radical (unpaired) electrons. The van der Waals surface area contributed by atoms with E-state index in [1.807, 2.05) is 0 Å². The molecule has 0 aliphatic rings. The number of hydrogen-bond acceptors (Lipinski definition) is 3. The molecule has 0 heterocycles. The SMILES string of the molecule is C[C@](Cl)([C@@H](O)c1ccccc1)S(C)(=O)=O. The summed E-state index contributed by atoms with van der Waals surface area (Å²) in [6.45, 7) is 1.29. The van der Waals surface area contributed by atoms with Crippen LogP contribution in [-0.4, -0.2) is 24.0 Å². The molecular weight excluding hydrogens is 236 g/mol. The number of alkyl halides is 1. The van der Waals surface area contributed by atoms with Crippen LogP contribution >= 0.6 is 11.6 Å². The molecule has 1 rings (SSSR count). The topological polar surface area (TPSA) is 54.4 Å². The number of halogens is 1. The van der Waals surface area contributed by atoms with E-state index in [0.717, 1.165) is 6.26 Å². The number of aliphatic hydroxyl groups is 1. The van der Waals surface area contributed by atoms with Crippen molar-refractivity contribution in [3.63, 3.8) is 0 Å². The second kappa shape index (κ2) is 4.12. The minimum Gasteiger partial charge on any atom is -0.385 e. The van der Waals surface area contributed by atoms with Crippen LogP contribution < -0.4 is 0 Å². The van der Waals surface area contributed by atoms with E-state index < -0.39 is 20.1 Å². The Morgan fingerprint density at radius 1 is 1.33 bits per heavy atom. The van der Waals surface area contributed by atoms with Gasteiger partial charge >= 0.3 is 0 Å². The van der Waals surface area contributed by atoms with Crippen molar-refractivity contribution in [3.8, 4) is 0 Å². The van der Waals surface area contributed by atoms with E-state index in [2.05, 4.69) is 0 Å². The first-order chi connectivity index (χ1) is 6.77. The smallest absolute Gasteiger partial charge is 0.172 e. The Balaban J connectivity index is 3.11. The second-order valence-electron chi connectivity index (χ2n) is 3.57. The number of benzene rings is 1. The van der Waals surface area contributed by atoms with E-state index in [1.54, 1.807) is 30.3 Å². The van der Waals surface area contributed by atoms with Gasteiger partial charge in [0.1, 0.15) is 6.10 Å². The monoisotopic (exact) mass is 248 g/mol. The summed E-state index contributed by atoms with van der Waals surface area (Å²) >= 11 is 5.86. The third kappa shape index (κ3) is 2.51. The molecule has 0 aromatic heterocycles. The highest BCUT2D eigenvalue weighted by molar-refractivity contribution is 7.93. The fraction of sp³-hybridized carbons (Fsp3) is 0.400. The van der Waals surface area contributed by atoms with Gasteiger partial charge in [-0.15, -0.1) is 0 Å². The molecule has 15 heavy (non-hydrogen) atoms. The highest BCUT2D eigenvalue weighted by atomic mass is 35.5. The van der Waals surface area contributed by atoms with Gasteiger partial charge in [-0.3, -0.25) is 0 Å². The first-order valence-corrected chi connectivity index (χ1v) is 6.65. The van der Waals surface area contributed by atoms with Crippen molar-refractivity contribution in [1.82, 2.24) is 0 Å². The van der Waals surface area contributed by atoms with Crippen molar-refractivity contribution in [3.05, 3.63) is 35.9 Å². The lowest BCUT2D eigenvalue weighted by Crippen LogP contribution is -2.35. The number of rotatable bonds is 3. The molecule has 0 spiro atoms. The maximum absolute atomic E-state index is 11.4. The number of aliphatic hydroxyl groups excluding tert-OH is 1. The summed E-state index contributed by atoms with van der Waals surface area (Å²) < 4.78 is 21.1. The maximum Gasteiger partial charge on any atom is 0.172 e. The molecule has 0 unspecified atom stereocenters. The van der Waals surface area contributed by atoms with Gasteiger partial charge in [0, 0.05) is 6.26 Å². The normalized spacial score (nSPS) is 18.1. The van der Waals surface area contributed by atoms with Crippen molar-refractivity contribution in [2.24, 2.45) is 0 Å². The van der Waals surface area contributed by atoms with Gasteiger partial charge in [-0.1, -0.05) is 41.9 Å². The van der Waals surface area contributed by atoms with Gasteiger partial charge in [-0.25, -0.2) is 8.42 Å². The van der Waals surface area contributed by atoms with E-state index >= 15 is 0 Å². The molecule has 3 nitrogen and oxygen atoms in total. The first kappa shape index (κ1) is 12.5. The van der Waals surface area contributed by atoms with Crippen molar-refractivity contribution in [1.29, 1.82) is 0 Å². The molecule has 2 atom stereocenters. The van der Waals surface area contributed by atoms with Crippen molar-refractivity contribution in [2.75, 3.05) is 6.26 Å². The molecule has 84 valence electrons. The molecule has 0 saturated heterocycles. The van der Waals surface area contributed by atoms with E-state index in [9.17, 15) is 13.5 Å². The van der Waals surface area contributed by atoms with Crippen LogP contribution in [0.25, 0.3) is 0 Å². The first-order valence-electron chi connectivity index (χ1n) is 4.38. The third-order valence-corrected chi connectivity index (χ3v) is 5.05. The lowest BCUT2D eigenvalue weighted by atomic mass is 10.1. The van der Waals surface area contributed by atoms with Crippen LogP contribution in [0.1, 0.15) is 18.6 Å². The van der Waals surface area contributed by atoms with Crippen LogP contribution in [0.15, 0.2) is 30.3 Å². The molecule has 0 saturated carbocycles. The van der Waals surface area contributed by atoms with Crippen LogP contribution in [0.4, 0.5) is 0 Å². The molecule has 0 amide bonds. The van der Waals surface area contributed by atoms with Crippen molar-refractivity contribution in [2.45, 2.75) is 17.2 Å². The maximum atomic E-state index is 11.4. The Morgan fingerprint density at radius 2 is 1.80 bits per heavy atom. The molecule has 5 heteroatoms. The zero-order valence-corrected chi connectivity index (χ0v) is 10.1. The summed E-state index contributed by atoms with van der Waals surface area (Å²) in [7, 11) is -3.53. The summed E-state index contributed by atoms with van der Waals surface area (Å²) in [4.78, 5) is 0. The summed E-state index contributed by atoms with van der Waals surface area (Å²) in [6.07, 6.45) is -0.234. The zero-order valence-electron chi connectivity index (χ0n) is 8.51. The van der Waals surface area contributed by atoms with Crippen molar-refractivity contribution >= 4 is 21.4 Å². The number of hydrogen-bond donors (Lipinski definition) is 1. The Morgan fingerprint density at radius 3 is 2.20 bits per heavy atom. The van der Waals surface area contributed by atoms with Crippen LogP contribution in [0.3, 0.4) is 0 Å². The van der Waals surface area contributed by atoms with Gasteiger partial charge in [0.25, 0.3) is 0 Å². The van der Waals surface area contributed by atoms with Gasteiger partial charge in [0.2, 0.25) is 0 Å². The largest absolute Gasteiger partial charge is 0.385 e. The zero-order chi connectivity index (χ0) is 11.7. The minimum absolute atomic E-state index is 0.487. The molecule has 1 N–H and O–H groups in total.